The van der Waals surface area contributed by atoms with Gasteiger partial charge in [-0.2, -0.15) is 0 Å². The predicted octanol–water partition coefficient (Wildman–Crippen LogP) is 5.11. The van der Waals surface area contributed by atoms with Gasteiger partial charge in [0, 0.05) is 13.6 Å². The van der Waals surface area contributed by atoms with Crippen LogP contribution in [0, 0.1) is 10.5 Å². The minimum Gasteiger partial charge on any atom is -0.496 e. The van der Waals surface area contributed by atoms with Crippen LogP contribution in [0.1, 0.15) is 22.8 Å². The number of methoxy groups -OCH3 is 1. The number of aryl methyl sites for hydroxylation is 1. The van der Waals surface area contributed by atoms with Crippen LogP contribution >= 0.6 is 50.1 Å². The van der Waals surface area contributed by atoms with Crippen LogP contribution in [-0.4, -0.2) is 12.2 Å². The molecule has 0 bridgehead atoms. The maximum absolute atomic E-state index is 10.6. The van der Waals surface area contributed by atoms with Gasteiger partial charge in [-0.15, -0.1) is 0 Å². The second kappa shape index (κ2) is 6.64. The van der Waals surface area contributed by atoms with Crippen molar-refractivity contribution >= 4 is 50.1 Å². The second-order valence-corrected chi connectivity index (χ2v) is 6.84. The van der Waals surface area contributed by atoms with Crippen LogP contribution < -0.4 is 4.74 Å². The molecule has 0 spiro atoms. The van der Waals surface area contributed by atoms with Gasteiger partial charge in [0.05, 0.1) is 12.1 Å². The zero-order valence-electron chi connectivity index (χ0n) is 11.0. The first-order valence-corrected chi connectivity index (χ1v) is 8.16. The third kappa shape index (κ3) is 3.30. The molecule has 106 valence electrons. The van der Waals surface area contributed by atoms with Gasteiger partial charge in [-0.25, -0.2) is 0 Å². The van der Waals surface area contributed by atoms with E-state index < -0.39 is 6.10 Å². The lowest BCUT2D eigenvalue weighted by atomic mass is 9.99. The van der Waals surface area contributed by atoms with Crippen LogP contribution in [0.3, 0.4) is 0 Å². The molecule has 0 aliphatic rings. The third-order valence-corrected chi connectivity index (χ3v) is 5.49. The quantitative estimate of drug-likeness (QED) is 0.636. The van der Waals surface area contributed by atoms with Gasteiger partial charge in [0.2, 0.25) is 0 Å². The van der Waals surface area contributed by atoms with E-state index in [4.69, 9.17) is 16.3 Å². The SMILES string of the molecule is COc1cc(C)c(Br)cc1C(O)c1ccc(I)c(Cl)c1. The average molecular weight is 468 g/mol. The van der Waals surface area contributed by atoms with E-state index in [0.717, 1.165) is 19.2 Å². The van der Waals surface area contributed by atoms with Crippen molar-refractivity contribution in [2.45, 2.75) is 13.0 Å². The molecular weight excluding hydrogens is 454 g/mol. The van der Waals surface area contributed by atoms with Crippen LogP contribution in [0.5, 0.6) is 5.75 Å². The summed E-state index contributed by atoms with van der Waals surface area (Å²) in [5.74, 6) is 0.660. The average Bonchev–Trinajstić information content (AvgIpc) is 2.43. The van der Waals surface area contributed by atoms with E-state index in [1.165, 1.54) is 0 Å². The van der Waals surface area contributed by atoms with Crippen molar-refractivity contribution in [2.24, 2.45) is 0 Å². The Kier molecular flexibility index (Phi) is 5.34. The number of aliphatic hydroxyl groups excluding tert-OH is 1. The fourth-order valence-electron chi connectivity index (χ4n) is 1.92. The predicted molar refractivity (Wildman–Crippen MR) is 93.7 cm³/mol. The van der Waals surface area contributed by atoms with Crippen LogP contribution in [0.2, 0.25) is 5.02 Å². The number of hydrogen-bond acceptors (Lipinski definition) is 2. The van der Waals surface area contributed by atoms with Crippen LogP contribution in [-0.2, 0) is 0 Å². The lowest BCUT2D eigenvalue weighted by Gasteiger charge is -2.17. The molecule has 0 aliphatic carbocycles. The van der Waals surface area contributed by atoms with E-state index in [2.05, 4.69) is 38.5 Å². The maximum Gasteiger partial charge on any atom is 0.125 e. The highest BCUT2D eigenvalue weighted by molar-refractivity contribution is 14.1. The Hall–Kier alpha value is -0.300. The standard InChI is InChI=1S/C15H13BrClIO2/c1-8-5-14(20-2)10(7-11(8)16)15(19)9-3-4-13(18)12(17)6-9/h3-7,15,19H,1-2H3. The summed E-state index contributed by atoms with van der Waals surface area (Å²) < 4.78 is 7.25. The van der Waals surface area contributed by atoms with E-state index in [1.54, 1.807) is 13.2 Å². The summed E-state index contributed by atoms with van der Waals surface area (Å²) in [6.07, 6.45) is -0.781. The Morgan fingerprint density at radius 1 is 1.30 bits per heavy atom. The minimum atomic E-state index is -0.781. The van der Waals surface area contributed by atoms with Crippen LogP contribution in [0.4, 0.5) is 0 Å². The van der Waals surface area contributed by atoms with Crippen LogP contribution in [0.25, 0.3) is 0 Å². The third-order valence-electron chi connectivity index (χ3n) is 3.06. The van der Waals surface area contributed by atoms with Gasteiger partial charge in [-0.3, -0.25) is 0 Å². The van der Waals surface area contributed by atoms with Gasteiger partial charge in [-0.05, 0) is 64.9 Å². The van der Waals surface area contributed by atoms with Crippen molar-refractivity contribution in [3.8, 4) is 5.75 Å². The molecule has 2 rings (SSSR count). The van der Waals surface area contributed by atoms with Crippen molar-refractivity contribution in [1.29, 1.82) is 0 Å². The normalized spacial score (nSPS) is 12.3. The summed E-state index contributed by atoms with van der Waals surface area (Å²) >= 11 is 11.8. The molecule has 1 atom stereocenters. The summed E-state index contributed by atoms with van der Waals surface area (Å²) in [6, 6.07) is 9.31. The van der Waals surface area contributed by atoms with Crippen LogP contribution in [0.15, 0.2) is 34.8 Å². The Labute approximate surface area is 145 Å². The molecule has 1 unspecified atom stereocenters. The van der Waals surface area contributed by atoms with Crippen molar-refractivity contribution in [1.82, 2.24) is 0 Å². The molecule has 2 aromatic rings. The van der Waals surface area contributed by atoms with Gasteiger partial charge in [0.15, 0.2) is 0 Å². The molecule has 0 saturated carbocycles. The molecule has 0 aliphatic heterocycles. The fourth-order valence-corrected chi connectivity index (χ4v) is 2.81. The highest BCUT2D eigenvalue weighted by atomic mass is 127. The van der Waals surface area contributed by atoms with E-state index >= 15 is 0 Å². The van der Waals surface area contributed by atoms with Crippen molar-refractivity contribution < 1.29 is 9.84 Å². The number of benzene rings is 2. The molecule has 0 amide bonds. The summed E-state index contributed by atoms with van der Waals surface area (Å²) in [5, 5.41) is 11.2. The van der Waals surface area contributed by atoms with E-state index in [-0.39, 0.29) is 0 Å². The van der Waals surface area contributed by atoms with E-state index in [0.29, 0.717) is 16.3 Å². The molecule has 0 aromatic heterocycles. The van der Waals surface area contributed by atoms with Crippen molar-refractivity contribution in [3.05, 3.63) is 60.1 Å². The van der Waals surface area contributed by atoms with Crippen molar-refractivity contribution in [2.75, 3.05) is 7.11 Å². The molecule has 5 heteroatoms. The van der Waals surface area contributed by atoms with Crippen molar-refractivity contribution in [3.63, 3.8) is 0 Å². The first-order chi connectivity index (χ1) is 9.43. The first-order valence-electron chi connectivity index (χ1n) is 5.91. The highest BCUT2D eigenvalue weighted by Crippen LogP contribution is 2.35. The zero-order chi connectivity index (χ0) is 14.9. The summed E-state index contributed by atoms with van der Waals surface area (Å²) in [6.45, 7) is 1.98. The van der Waals surface area contributed by atoms with E-state index in [9.17, 15) is 5.11 Å². The Morgan fingerprint density at radius 2 is 2.00 bits per heavy atom. The highest BCUT2D eigenvalue weighted by Gasteiger charge is 2.18. The monoisotopic (exact) mass is 466 g/mol. The van der Waals surface area contributed by atoms with Gasteiger partial charge >= 0.3 is 0 Å². The number of halogens is 3. The molecule has 0 heterocycles. The minimum absolute atomic E-state index is 0.632. The molecule has 1 N–H and O–H groups in total. The lowest BCUT2D eigenvalue weighted by Crippen LogP contribution is -2.03. The van der Waals surface area contributed by atoms with E-state index in [1.807, 2.05) is 31.2 Å². The topological polar surface area (TPSA) is 29.5 Å². The van der Waals surface area contributed by atoms with Gasteiger partial charge in [0.25, 0.3) is 0 Å². The zero-order valence-corrected chi connectivity index (χ0v) is 15.5. The summed E-state index contributed by atoms with van der Waals surface area (Å²) in [4.78, 5) is 0. The second-order valence-electron chi connectivity index (χ2n) is 4.42. The largest absolute Gasteiger partial charge is 0.496 e. The van der Waals surface area contributed by atoms with Gasteiger partial charge < -0.3 is 9.84 Å². The lowest BCUT2D eigenvalue weighted by molar-refractivity contribution is 0.214. The smallest absolute Gasteiger partial charge is 0.125 e. The Balaban J connectivity index is 2.49. The van der Waals surface area contributed by atoms with Gasteiger partial charge in [0.1, 0.15) is 11.9 Å². The molecular formula is C15H13BrClIO2. The Bertz CT molecular complexity index is 646. The maximum atomic E-state index is 10.6. The molecule has 2 nitrogen and oxygen atoms in total. The number of aliphatic hydroxyl groups is 1. The number of rotatable bonds is 3. The number of hydrogen-bond donors (Lipinski definition) is 1. The molecule has 2 aromatic carbocycles. The molecule has 0 radical (unpaired) electrons. The Morgan fingerprint density at radius 3 is 2.60 bits per heavy atom. The number of ether oxygens (including phenoxy) is 1. The molecule has 0 saturated heterocycles. The summed E-state index contributed by atoms with van der Waals surface area (Å²) in [7, 11) is 1.60. The molecule has 0 fully saturated rings. The summed E-state index contributed by atoms with van der Waals surface area (Å²) in [5.41, 5.74) is 2.50. The fraction of sp³-hybridized carbons (Fsp3) is 0.200. The van der Waals surface area contributed by atoms with Gasteiger partial charge in [-0.1, -0.05) is 33.6 Å². The molecule has 20 heavy (non-hydrogen) atoms. The first kappa shape index (κ1) is 16.1.